The van der Waals surface area contributed by atoms with Gasteiger partial charge in [0.2, 0.25) is 5.88 Å². The lowest BCUT2D eigenvalue weighted by atomic mass is 10.3. The van der Waals surface area contributed by atoms with Crippen LogP contribution in [0.1, 0.15) is 12.8 Å². The molecule has 0 bridgehead atoms. The Morgan fingerprint density at radius 1 is 1.33 bits per heavy atom. The monoisotopic (exact) mass is 399 g/mol. The molecule has 4 nitrogen and oxygen atoms in total. The maximum Gasteiger partial charge on any atom is 0.239 e. The fourth-order valence-electron chi connectivity index (χ4n) is 1.85. The summed E-state index contributed by atoms with van der Waals surface area (Å²) in [4.78, 5) is 4.38. The molecule has 21 heavy (non-hydrogen) atoms. The normalized spacial score (nSPS) is 14.0. The van der Waals surface area contributed by atoms with Gasteiger partial charge in [0.15, 0.2) is 0 Å². The van der Waals surface area contributed by atoms with E-state index in [0.717, 1.165) is 9.26 Å². The maximum atomic E-state index is 13.1. The number of ether oxygens (including phenoxy) is 1. The Balaban J connectivity index is 1.76. The molecule has 1 aromatic heterocycles. The summed E-state index contributed by atoms with van der Waals surface area (Å²) in [7, 11) is 0. The van der Waals surface area contributed by atoms with Crippen molar-refractivity contribution < 1.29 is 9.13 Å². The number of pyridine rings is 1. The number of nitrogens with one attached hydrogen (secondary N) is 1. The van der Waals surface area contributed by atoms with E-state index in [1.165, 1.54) is 25.0 Å². The molecule has 1 heterocycles. The van der Waals surface area contributed by atoms with Crippen LogP contribution >= 0.6 is 22.6 Å². The van der Waals surface area contributed by atoms with Crippen molar-refractivity contribution in [3.63, 3.8) is 0 Å². The van der Waals surface area contributed by atoms with E-state index in [0.29, 0.717) is 29.9 Å². The van der Waals surface area contributed by atoms with Crippen molar-refractivity contribution in [1.29, 1.82) is 0 Å². The highest BCUT2D eigenvalue weighted by molar-refractivity contribution is 14.1. The van der Waals surface area contributed by atoms with Gasteiger partial charge < -0.3 is 15.8 Å². The fourth-order valence-corrected chi connectivity index (χ4v) is 2.46. The van der Waals surface area contributed by atoms with Crippen LogP contribution < -0.4 is 15.8 Å². The summed E-state index contributed by atoms with van der Waals surface area (Å²) in [5, 5.41) is 3.15. The van der Waals surface area contributed by atoms with Gasteiger partial charge in [-0.3, -0.25) is 0 Å². The van der Waals surface area contributed by atoms with E-state index in [1.54, 1.807) is 18.2 Å². The molecule has 0 aliphatic heterocycles. The van der Waals surface area contributed by atoms with Crippen molar-refractivity contribution in [1.82, 2.24) is 4.98 Å². The van der Waals surface area contributed by atoms with Gasteiger partial charge in [-0.2, -0.15) is 4.98 Å². The second-order valence-corrected chi connectivity index (χ2v) is 6.26. The highest BCUT2D eigenvalue weighted by Gasteiger charge is 2.22. The van der Waals surface area contributed by atoms with Crippen LogP contribution in [0.3, 0.4) is 0 Å². The largest absolute Gasteiger partial charge is 0.476 e. The Morgan fingerprint density at radius 2 is 2.14 bits per heavy atom. The average Bonchev–Trinajstić information content (AvgIpc) is 3.26. The van der Waals surface area contributed by atoms with Crippen LogP contribution in [0.15, 0.2) is 30.3 Å². The number of nitrogens with zero attached hydrogens (tertiary/aromatic N) is 1. The van der Waals surface area contributed by atoms with Crippen LogP contribution in [0, 0.1) is 15.3 Å². The summed E-state index contributed by atoms with van der Waals surface area (Å²) >= 11 is 2.08. The van der Waals surface area contributed by atoms with Gasteiger partial charge in [-0.15, -0.1) is 0 Å². The molecule has 0 spiro atoms. The molecular formula is C15H15FIN3O. The third-order valence-electron chi connectivity index (χ3n) is 3.24. The predicted molar refractivity (Wildman–Crippen MR) is 89.3 cm³/mol. The number of hydrogen-bond donors (Lipinski definition) is 2. The molecule has 0 amide bonds. The molecule has 1 aliphatic carbocycles. The Morgan fingerprint density at radius 3 is 2.86 bits per heavy atom. The average molecular weight is 399 g/mol. The summed E-state index contributed by atoms with van der Waals surface area (Å²) in [5.41, 5.74) is 7.19. The van der Waals surface area contributed by atoms with Gasteiger partial charge in [-0.1, -0.05) is 0 Å². The number of aromatic nitrogens is 1. The van der Waals surface area contributed by atoms with Crippen LogP contribution in [0.4, 0.5) is 21.6 Å². The first-order valence-corrected chi connectivity index (χ1v) is 7.81. The topological polar surface area (TPSA) is 60.2 Å². The van der Waals surface area contributed by atoms with Gasteiger partial charge in [-0.25, -0.2) is 4.39 Å². The van der Waals surface area contributed by atoms with Crippen molar-refractivity contribution >= 4 is 39.8 Å². The first-order valence-electron chi connectivity index (χ1n) is 6.73. The van der Waals surface area contributed by atoms with Crippen molar-refractivity contribution in [2.45, 2.75) is 12.8 Å². The molecule has 2 aromatic rings. The SMILES string of the molecule is Nc1ccc(Nc2ccc(F)cc2I)nc1OCC1CC1. The van der Waals surface area contributed by atoms with Crippen molar-refractivity contribution in [3.8, 4) is 5.88 Å². The number of halogens is 2. The van der Waals surface area contributed by atoms with Crippen molar-refractivity contribution in [3.05, 3.63) is 39.7 Å². The molecule has 3 rings (SSSR count). The van der Waals surface area contributed by atoms with E-state index >= 15 is 0 Å². The van der Waals surface area contributed by atoms with Gasteiger partial charge in [0, 0.05) is 3.57 Å². The van der Waals surface area contributed by atoms with Gasteiger partial charge >= 0.3 is 0 Å². The molecule has 3 N–H and O–H groups in total. The molecule has 0 saturated heterocycles. The number of benzene rings is 1. The summed E-state index contributed by atoms with van der Waals surface area (Å²) in [6.45, 7) is 0.661. The van der Waals surface area contributed by atoms with E-state index in [9.17, 15) is 4.39 Å². The van der Waals surface area contributed by atoms with Crippen LogP contribution in [0.25, 0.3) is 0 Å². The van der Waals surface area contributed by atoms with Crippen molar-refractivity contribution in [2.24, 2.45) is 5.92 Å². The molecule has 0 unspecified atom stereocenters. The summed E-state index contributed by atoms with van der Waals surface area (Å²) < 4.78 is 19.5. The van der Waals surface area contributed by atoms with E-state index in [2.05, 4.69) is 32.9 Å². The third kappa shape index (κ3) is 3.75. The smallest absolute Gasteiger partial charge is 0.239 e. The molecule has 1 fully saturated rings. The quantitative estimate of drug-likeness (QED) is 0.748. The molecule has 6 heteroatoms. The lowest BCUT2D eigenvalue weighted by Crippen LogP contribution is -2.05. The summed E-state index contributed by atoms with van der Waals surface area (Å²) in [6, 6.07) is 8.09. The van der Waals surface area contributed by atoms with E-state index in [-0.39, 0.29) is 5.82 Å². The lowest BCUT2D eigenvalue weighted by molar-refractivity contribution is 0.290. The molecule has 1 saturated carbocycles. The minimum Gasteiger partial charge on any atom is -0.476 e. The molecular weight excluding hydrogens is 384 g/mol. The lowest BCUT2D eigenvalue weighted by Gasteiger charge is -2.11. The molecule has 0 radical (unpaired) electrons. The van der Waals surface area contributed by atoms with Crippen LogP contribution in [-0.4, -0.2) is 11.6 Å². The first-order chi connectivity index (χ1) is 10.1. The number of nitrogen functional groups attached to an aromatic ring is 1. The second kappa shape index (κ2) is 6.05. The second-order valence-electron chi connectivity index (χ2n) is 5.09. The number of hydrogen-bond acceptors (Lipinski definition) is 4. The predicted octanol–water partition coefficient (Wildman–Crippen LogP) is 3.94. The van der Waals surface area contributed by atoms with Gasteiger partial charge in [-0.05, 0) is 71.7 Å². The summed E-state index contributed by atoms with van der Waals surface area (Å²) in [6.07, 6.45) is 2.43. The van der Waals surface area contributed by atoms with E-state index in [1.807, 2.05) is 0 Å². The standard InChI is InChI=1S/C15H15FIN3O/c16-10-3-5-13(11(17)7-10)19-14-6-4-12(18)15(20-14)21-8-9-1-2-9/h3-7,9H,1-2,8,18H2,(H,19,20). The highest BCUT2D eigenvalue weighted by atomic mass is 127. The van der Waals surface area contributed by atoms with Gasteiger partial charge in [0.05, 0.1) is 18.0 Å². The van der Waals surface area contributed by atoms with Crippen molar-refractivity contribution in [2.75, 3.05) is 17.7 Å². The first kappa shape index (κ1) is 14.4. The fraction of sp³-hybridized carbons (Fsp3) is 0.267. The van der Waals surface area contributed by atoms with Crippen LogP contribution in [0.5, 0.6) is 5.88 Å². The van der Waals surface area contributed by atoms with Gasteiger partial charge in [0.25, 0.3) is 0 Å². The zero-order valence-electron chi connectivity index (χ0n) is 11.3. The molecule has 1 aliphatic rings. The molecule has 0 atom stereocenters. The number of nitrogens with two attached hydrogens (primary N) is 1. The highest BCUT2D eigenvalue weighted by Crippen LogP contribution is 2.31. The third-order valence-corrected chi connectivity index (χ3v) is 4.13. The minimum absolute atomic E-state index is 0.260. The Labute approximate surface area is 136 Å². The zero-order chi connectivity index (χ0) is 14.8. The van der Waals surface area contributed by atoms with E-state index < -0.39 is 0 Å². The number of rotatable bonds is 5. The van der Waals surface area contributed by atoms with E-state index in [4.69, 9.17) is 10.5 Å². The minimum atomic E-state index is -0.260. The van der Waals surface area contributed by atoms with Gasteiger partial charge in [0.1, 0.15) is 11.6 Å². The van der Waals surface area contributed by atoms with Crippen LogP contribution in [-0.2, 0) is 0 Å². The molecule has 1 aromatic carbocycles. The Hall–Kier alpha value is -1.57. The number of anilines is 3. The summed E-state index contributed by atoms with van der Waals surface area (Å²) in [5.74, 6) is 1.45. The zero-order valence-corrected chi connectivity index (χ0v) is 13.4. The van der Waals surface area contributed by atoms with Crippen LogP contribution in [0.2, 0.25) is 0 Å². The Bertz CT molecular complexity index is 661. The Kier molecular flexibility index (Phi) is 4.14. The molecule has 110 valence electrons. The maximum absolute atomic E-state index is 13.1.